The highest BCUT2D eigenvalue weighted by molar-refractivity contribution is 5.91. The summed E-state index contributed by atoms with van der Waals surface area (Å²) >= 11 is 0. The average Bonchev–Trinajstić information content (AvgIpc) is 3.79. The van der Waals surface area contributed by atoms with Crippen LogP contribution in [0.4, 0.5) is 0 Å². The Hall–Kier alpha value is -5.37. The Morgan fingerprint density at radius 3 is 1.16 bits per heavy atom. The van der Waals surface area contributed by atoms with E-state index < -0.39 is 11.9 Å². The molecule has 0 aliphatic carbocycles. The quantitative estimate of drug-likeness (QED) is 0.0256. The Labute approximate surface area is 364 Å². The number of benzene rings is 4. The van der Waals surface area contributed by atoms with Crippen molar-refractivity contribution in [3.05, 3.63) is 114 Å². The lowest BCUT2D eigenvalue weighted by molar-refractivity contribution is 0.0725. The minimum absolute atomic E-state index is 0.413. The van der Waals surface area contributed by atoms with Crippen LogP contribution in [0.15, 0.2) is 108 Å². The molecule has 0 radical (unpaired) electrons. The van der Waals surface area contributed by atoms with E-state index in [0.717, 1.165) is 35.5 Å². The number of aromatic nitrogens is 1. The molecule has 1 heterocycles. The van der Waals surface area contributed by atoms with E-state index >= 15 is 0 Å². The summed E-state index contributed by atoms with van der Waals surface area (Å²) in [4.78, 5) is 30.1. The van der Waals surface area contributed by atoms with E-state index in [0.29, 0.717) is 47.5 Å². The summed E-state index contributed by atoms with van der Waals surface area (Å²) in [7, 11) is 0. The first-order chi connectivity index (χ1) is 30.0. The van der Waals surface area contributed by atoms with Gasteiger partial charge in [-0.1, -0.05) is 129 Å². The Kier molecular flexibility index (Phi) is 21.0. The van der Waals surface area contributed by atoms with E-state index in [4.69, 9.17) is 23.4 Å². The monoisotopic (exact) mass is 829 g/mol. The first-order valence-electron chi connectivity index (χ1n) is 23.1. The number of oxazole rings is 1. The second kappa shape index (κ2) is 27.5. The minimum atomic E-state index is -0.445. The van der Waals surface area contributed by atoms with Crippen LogP contribution in [-0.2, 0) is 0 Å². The number of hydrogen-bond donors (Lipinski definition) is 0. The maximum Gasteiger partial charge on any atom is 0.343 e. The normalized spacial score (nSPS) is 11.0. The summed E-state index contributed by atoms with van der Waals surface area (Å²) in [6.07, 6.45) is 27.4. The maximum absolute atomic E-state index is 12.8. The first kappa shape index (κ1) is 46.7. The summed E-state index contributed by atoms with van der Waals surface area (Å²) < 4.78 is 29.1. The molecule has 0 N–H and O–H groups in total. The molecule has 0 aliphatic heterocycles. The van der Waals surface area contributed by atoms with Gasteiger partial charge in [-0.05, 0) is 110 Å². The van der Waals surface area contributed by atoms with Gasteiger partial charge in [0, 0.05) is 11.1 Å². The molecule has 8 heteroatoms. The van der Waals surface area contributed by atoms with Gasteiger partial charge >= 0.3 is 11.9 Å². The molecule has 0 amide bonds. The number of unbranched alkanes of at least 4 members (excludes halogenated alkanes) is 18. The van der Waals surface area contributed by atoms with E-state index in [1.807, 2.05) is 36.4 Å². The van der Waals surface area contributed by atoms with Gasteiger partial charge < -0.3 is 23.4 Å². The number of nitrogens with zero attached hydrogens (tertiary/aromatic N) is 1. The number of esters is 2. The Bertz CT molecular complexity index is 1810. The molecule has 0 saturated carbocycles. The highest BCUT2D eigenvalue weighted by atomic mass is 16.5. The van der Waals surface area contributed by atoms with Crippen LogP contribution in [0.25, 0.3) is 22.8 Å². The fourth-order valence-electron chi connectivity index (χ4n) is 7.16. The first-order valence-corrected chi connectivity index (χ1v) is 23.1. The van der Waals surface area contributed by atoms with Crippen molar-refractivity contribution >= 4 is 11.9 Å². The largest absolute Gasteiger partial charge is 0.494 e. The Morgan fingerprint density at radius 2 is 0.770 bits per heavy atom. The SMILES string of the molecule is CCCCCCCCCCCCOc1ccc(C(=O)Oc2ccc(-c3cnc(-c4ccc(OC(=O)c5ccc(OCCCCCCCCCCCC)cc5)cc4)o3)cc2)cc1. The van der Waals surface area contributed by atoms with E-state index in [1.165, 1.54) is 116 Å². The third kappa shape index (κ3) is 17.3. The lowest BCUT2D eigenvalue weighted by Crippen LogP contribution is -2.08. The van der Waals surface area contributed by atoms with Crippen molar-refractivity contribution in [2.24, 2.45) is 0 Å². The third-order valence-corrected chi connectivity index (χ3v) is 10.9. The van der Waals surface area contributed by atoms with Gasteiger partial charge in [0.15, 0.2) is 5.76 Å². The molecule has 5 aromatic rings. The van der Waals surface area contributed by atoms with Crippen LogP contribution in [-0.4, -0.2) is 30.1 Å². The van der Waals surface area contributed by atoms with Crippen molar-refractivity contribution in [3.63, 3.8) is 0 Å². The third-order valence-electron chi connectivity index (χ3n) is 10.9. The number of ether oxygens (including phenoxy) is 4. The van der Waals surface area contributed by atoms with Crippen molar-refractivity contribution in [3.8, 4) is 45.8 Å². The molecule has 0 saturated heterocycles. The van der Waals surface area contributed by atoms with Gasteiger partial charge in [0.05, 0.1) is 30.5 Å². The van der Waals surface area contributed by atoms with Crippen LogP contribution >= 0.6 is 0 Å². The zero-order valence-corrected chi connectivity index (χ0v) is 36.7. The van der Waals surface area contributed by atoms with E-state index in [-0.39, 0.29) is 0 Å². The fraction of sp³-hybridized carbons (Fsp3) is 0.453. The Morgan fingerprint density at radius 1 is 0.426 bits per heavy atom. The van der Waals surface area contributed by atoms with Crippen molar-refractivity contribution < 1.29 is 33.0 Å². The predicted molar refractivity (Wildman–Crippen MR) is 245 cm³/mol. The van der Waals surface area contributed by atoms with Gasteiger partial charge in [-0.15, -0.1) is 0 Å². The molecule has 61 heavy (non-hydrogen) atoms. The molecule has 4 aromatic carbocycles. The molecule has 8 nitrogen and oxygen atoms in total. The molecule has 5 rings (SSSR count). The lowest BCUT2D eigenvalue weighted by atomic mass is 10.1. The minimum Gasteiger partial charge on any atom is -0.494 e. The van der Waals surface area contributed by atoms with Gasteiger partial charge in [0.2, 0.25) is 5.89 Å². The standard InChI is InChI=1S/C53H67NO7/c1-3-5-7-9-11-13-15-17-19-21-39-57-46-31-27-44(28-32-46)52(55)59-48-35-23-42(24-36-48)50-41-54-51(61-50)43-25-37-49(38-26-43)60-53(56)45-29-33-47(34-30-45)58-40-22-20-18-16-14-12-10-8-6-4-2/h23-38,41H,3-22,39-40H2,1-2H3. The van der Waals surface area contributed by atoms with E-state index in [1.54, 1.807) is 66.9 Å². The molecule has 0 bridgehead atoms. The van der Waals surface area contributed by atoms with E-state index in [9.17, 15) is 9.59 Å². The van der Waals surface area contributed by atoms with Crippen molar-refractivity contribution in [2.75, 3.05) is 13.2 Å². The molecule has 0 fully saturated rings. The van der Waals surface area contributed by atoms with Gasteiger partial charge in [-0.3, -0.25) is 0 Å². The van der Waals surface area contributed by atoms with Gasteiger partial charge in [0.25, 0.3) is 0 Å². The van der Waals surface area contributed by atoms with Crippen LogP contribution in [0.5, 0.6) is 23.0 Å². The summed E-state index contributed by atoms with van der Waals surface area (Å²) in [5.41, 5.74) is 2.41. The molecule has 0 atom stereocenters. The summed E-state index contributed by atoms with van der Waals surface area (Å²) in [5, 5.41) is 0. The van der Waals surface area contributed by atoms with Gasteiger partial charge in [-0.25, -0.2) is 14.6 Å². The zero-order chi connectivity index (χ0) is 42.7. The number of carbonyl (C=O) groups excluding carboxylic acids is 2. The smallest absolute Gasteiger partial charge is 0.343 e. The number of hydrogen-bond acceptors (Lipinski definition) is 8. The second-order valence-corrected chi connectivity index (χ2v) is 16.0. The van der Waals surface area contributed by atoms with Crippen LogP contribution < -0.4 is 18.9 Å². The van der Waals surface area contributed by atoms with Crippen molar-refractivity contribution in [1.29, 1.82) is 0 Å². The highest BCUT2D eigenvalue weighted by Gasteiger charge is 2.14. The topological polar surface area (TPSA) is 97.1 Å². The molecular formula is C53H67NO7. The molecule has 326 valence electrons. The average molecular weight is 830 g/mol. The van der Waals surface area contributed by atoms with Crippen molar-refractivity contribution in [2.45, 2.75) is 142 Å². The fourth-order valence-corrected chi connectivity index (χ4v) is 7.16. The molecule has 0 spiro atoms. The summed E-state index contributed by atoms with van der Waals surface area (Å²) in [6.45, 7) is 5.86. The lowest BCUT2D eigenvalue weighted by Gasteiger charge is -2.08. The van der Waals surface area contributed by atoms with E-state index in [2.05, 4.69) is 18.8 Å². The van der Waals surface area contributed by atoms with Crippen LogP contribution in [0.2, 0.25) is 0 Å². The van der Waals surface area contributed by atoms with Gasteiger partial charge in [-0.2, -0.15) is 0 Å². The molecule has 0 unspecified atom stereocenters. The second-order valence-electron chi connectivity index (χ2n) is 16.0. The van der Waals surface area contributed by atoms with Gasteiger partial charge in [0.1, 0.15) is 23.0 Å². The summed E-state index contributed by atoms with van der Waals surface area (Å²) in [6, 6.07) is 28.3. The molecular weight excluding hydrogens is 763 g/mol. The van der Waals surface area contributed by atoms with Crippen LogP contribution in [0, 0.1) is 0 Å². The summed E-state index contributed by atoms with van der Waals surface area (Å²) in [5.74, 6) is 2.43. The highest BCUT2D eigenvalue weighted by Crippen LogP contribution is 2.29. The van der Waals surface area contributed by atoms with Crippen LogP contribution in [0.3, 0.4) is 0 Å². The number of carbonyl (C=O) groups is 2. The number of rotatable bonds is 30. The zero-order valence-electron chi connectivity index (χ0n) is 36.7. The predicted octanol–water partition coefficient (Wildman–Crippen LogP) is 15.0. The molecule has 0 aliphatic rings. The Balaban J connectivity index is 0.977. The van der Waals surface area contributed by atoms with Crippen molar-refractivity contribution in [1.82, 2.24) is 4.98 Å². The molecule has 1 aromatic heterocycles. The van der Waals surface area contributed by atoms with Crippen LogP contribution in [0.1, 0.15) is 163 Å². The maximum atomic E-state index is 12.8.